The second-order valence-electron chi connectivity index (χ2n) is 4.25. The molecule has 1 atom stereocenters. The van der Waals surface area contributed by atoms with Crippen molar-refractivity contribution in [2.45, 2.75) is 6.04 Å². The van der Waals surface area contributed by atoms with E-state index >= 15 is 0 Å². The molecule has 2 rings (SSSR count). The van der Waals surface area contributed by atoms with Gasteiger partial charge in [0.1, 0.15) is 17.1 Å². The highest BCUT2D eigenvalue weighted by atomic mass is 19.1. The minimum Gasteiger partial charge on any atom is -0.507 e. The Kier molecular flexibility index (Phi) is 4.32. The lowest BCUT2D eigenvalue weighted by Gasteiger charge is -2.17. The van der Waals surface area contributed by atoms with Crippen molar-refractivity contribution in [1.82, 2.24) is 5.32 Å². The van der Waals surface area contributed by atoms with Crippen molar-refractivity contribution in [3.05, 3.63) is 65.5 Å². The van der Waals surface area contributed by atoms with Gasteiger partial charge >= 0.3 is 0 Å². The van der Waals surface area contributed by atoms with Crippen LogP contribution in [-0.4, -0.2) is 22.7 Å². The van der Waals surface area contributed by atoms with Crippen LogP contribution in [0.15, 0.2) is 48.5 Å². The van der Waals surface area contributed by atoms with Crippen LogP contribution in [0, 0.1) is 5.82 Å². The number of phenols is 1. The molecule has 2 aromatic carbocycles. The van der Waals surface area contributed by atoms with E-state index in [1.807, 2.05) is 6.07 Å². The summed E-state index contributed by atoms with van der Waals surface area (Å²) in [5.41, 5.74) is 0.265. The molecule has 0 heterocycles. The first kappa shape index (κ1) is 14.0. The zero-order chi connectivity index (χ0) is 14.5. The first-order valence-electron chi connectivity index (χ1n) is 6.07. The highest BCUT2D eigenvalue weighted by Crippen LogP contribution is 2.21. The van der Waals surface area contributed by atoms with E-state index in [9.17, 15) is 19.4 Å². The van der Waals surface area contributed by atoms with Gasteiger partial charge in [-0.25, -0.2) is 4.39 Å². The smallest absolute Gasteiger partial charge is 0.258 e. The molecule has 0 radical (unpaired) electrons. The number of aliphatic hydroxyl groups excluding tert-OH is 1. The van der Waals surface area contributed by atoms with Crippen LogP contribution in [0.3, 0.4) is 0 Å². The number of nitrogens with one attached hydrogen (secondary N) is 1. The zero-order valence-corrected chi connectivity index (χ0v) is 10.6. The molecule has 0 aliphatic rings. The van der Waals surface area contributed by atoms with Crippen LogP contribution in [0.1, 0.15) is 22.0 Å². The van der Waals surface area contributed by atoms with Gasteiger partial charge in [0.05, 0.1) is 12.6 Å². The number of aromatic hydroxyl groups is 1. The summed E-state index contributed by atoms with van der Waals surface area (Å²) < 4.78 is 13.6. The number of phenolic OH excluding ortho intramolecular Hbond substituents is 1. The summed E-state index contributed by atoms with van der Waals surface area (Å²) in [6.45, 7) is -0.328. The van der Waals surface area contributed by atoms with Crippen LogP contribution in [-0.2, 0) is 0 Å². The van der Waals surface area contributed by atoms with Crippen LogP contribution in [0.4, 0.5) is 4.39 Å². The number of hydrogen-bond acceptors (Lipinski definition) is 3. The Morgan fingerprint density at radius 2 is 1.85 bits per heavy atom. The van der Waals surface area contributed by atoms with Gasteiger partial charge in [0.25, 0.3) is 5.91 Å². The molecule has 2 aromatic rings. The SMILES string of the molecule is O=C(NC(CO)c1ccccc1)c1c(O)cccc1F. The molecule has 1 unspecified atom stereocenters. The summed E-state index contributed by atoms with van der Waals surface area (Å²) in [6, 6.07) is 11.8. The molecular weight excluding hydrogens is 261 g/mol. The van der Waals surface area contributed by atoms with Gasteiger partial charge < -0.3 is 15.5 Å². The van der Waals surface area contributed by atoms with Crippen LogP contribution in [0.5, 0.6) is 5.75 Å². The quantitative estimate of drug-likeness (QED) is 0.799. The van der Waals surface area contributed by atoms with E-state index in [4.69, 9.17) is 0 Å². The molecule has 20 heavy (non-hydrogen) atoms. The second-order valence-corrected chi connectivity index (χ2v) is 4.25. The Labute approximate surface area is 115 Å². The molecule has 0 aromatic heterocycles. The zero-order valence-electron chi connectivity index (χ0n) is 10.6. The van der Waals surface area contributed by atoms with E-state index in [0.29, 0.717) is 5.56 Å². The summed E-state index contributed by atoms with van der Waals surface area (Å²) in [5.74, 6) is -2.02. The topological polar surface area (TPSA) is 69.6 Å². The third-order valence-electron chi connectivity index (χ3n) is 2.91. The van der Waals surface area contributed by atoms with Crippen molar-refractivity contribution in [3.63, 3.8) is 0 Å². The van der Waals surface area contributed by atoms with Gasteiger partial charge in [0.2, 0.25) is 0 Å². The van der Waals surface area contributed by atoms with Gasteiger partial charge in [0, 0.05) is 0 Å². The molecule has 4 nitrogen and oxygen atoms in total. The molecule has 104 valence electrons. The van der Waals surface area contributed by atoms with E-state index in [-0.39, 0.29) is 6.61 Å². The van der Waals surface area contributed by atoms with Gasteiger partial charge in [-0.2, -0.15) is 0 Å². The summed E-state index contributed by atoms with van der Waals surface area (Å²) in [4.78, 5) is 12.0. The van der Waals surface area contributed by atoms with E-state index in [2.05, 4.69) is 5.32 Å². The molecule has 0 aliphatic heterocycles. The molecule has 0 spiro atoms. The van der Waals surface area contributed by atoms with Crippen molar-refractivity contribution in [2.24, 2.45) is 0 Å². The van der Waals surface area contributed by atoms with Crippen LogP contribution < -0.4 is 5.32 Å². The molecular formula is C15H14FNO3. The summed E-state index contributed by atoms with van der Waals surface area (Å²) in [5, 5.41) is 21.4. The first-order chi connectivity index (χ1) is 9.63. The third kappa shape index (κ3) is 2.95. The number of carbonyl (C=O) groups excluding carboxylic acids is 1. The Hall–Kier alpha value is -2.40. The lowest BCUT2D eigenvalue weighted by molar-refractivity contribution is 0.0909. The molecule has 0 bridgehead atoms. The number of halogens is 1. The minimum atomic E-state index is -0.813. The fraction of sp³-hybridized carbons (Fsp3) is 0.133. The Morgan fingerprint density at radius 1 is 1.15 bits per heavy atom. The third-order valence-corrected chi connectivity index (χ3v) is 2.91. The highest BCUT2D eigenvalue weighted by Gasteiger charge is 2.20. The van der Waals surface area contributed by atoms with Crippen LogP contribution in [0.2, 0.25) is 0 Å². The largest absolute Gasteiger partial charge is 0.507 e. The monoisotopic (exact) mass is 275 g/mol. The fourth-order valence-corrected chi connectivity index (χ4v) is 1.89. The number of hydrogen-bond donors (Lipinski definition) is 3. The second kappa shape index (κ2) is 6.16. The standard InChI is InChI=1S/C15H14FNO3/c16-11-7-4-8-13(19)14(11)15(20)17-12(9-18)10-5-2-1-3-6-10/h1-8,12,18-19H,9H2,(H,17,20). The van der Waals surface area contributed by atoms with Crippen molar-refractivity contribution in [2.75, 3.05) is 6.61 Å². The number of aliphatic hydroxyl groups is 1. The van der Waals surface area contributed by atoms with Gasteiger partial charge in [-0.3, -0.25) is 4.79 Å². The van der Waals surface area contributed by atoms with Crippen LogP contribution >= 0.6 is 0 Å². The highest BCUT2D eigenvalue weighted by molar-refractivity contribution is 5.97. The van der Waals surface area contributed by atoms with Gasteiger partial charge in [0.15, 0.2) is 0 Å². The summed E-state index contributed by atoms with van der Waals surface area (Å²) in [7, 11) is 0. The average Bonchev–Trinajstić information content (AvgIpc) is 2.45. The first-order valence-corrected chi connectivity index (χ1v) is 6.07. The summed E-state index contributed by atoms with van der Waals surface area (Å²) in [6.07, 6.45) is 0. The maximum atomic E-state index is 13.6. The fourth-order valence-electron chi connectivity index (χ4n) is 1.89. The van der Waals surface area contributed by atoms with Crippen molar-refractivity contribution < 1.29 is 19.4 Å². The van der Waals surface area contributed by atoms with Gasteiger partial charge in [-0.05, 0) is 17.7 Å². The molecule has 5 heteroatoms. The maximum absolute atomic E-state index is 13.6. The van der Waals surface area contributed by atoms with Crippen molar-refractivity contribution in [3.8, 4) is 5.75 Å². The van der Waals surface area contributed by atoms with Crippen LogP contribution in [0.25, 0.3) is 0 Å². The van der Waals surface area contributed by atoms with E-state index < -0.39 is 29.1 Å². The number of amides is 1. The number of rotatable bonds is 4. The van der Waals surface area contributed by atoms with Gasteiger partial charge in [-0.15, -0.1) is 0 Å². The number of benzene rings is 2. The van der Waals surface area contributed by atoms with E-state index in [0.717, 1.165) is 6.07 Å². The normalized spacial score (nSPS) is 11.9. The Bertz CT molecular complexity index is 581. The Morgan fingerprint density at radius 3 is 2.45 bits per heavy atom. The molecule has 1 amide bonds. The number of carbonyl (C=O) groups is 1. The van der Waals surface area contributed by atoms with Crippen molar-refractivity contribution in [1.29, 1.82) is 0 Å². The minimum absolute atomic E-state index is 0.328. The van der Waals surface area contributed by atoms with Gasteiger partial charge in [-0.1, -0.05) is 36.4 Å². The lowest BCUT2D eigenvalue weighted by Crippen LogP contribution is -2.31. The lowest BCUT2D eigenvalue weighted by atomic mass is 10.1. The maximum Gasteiger partial charge on any atom is 0.258 e. The summed E-state index contributed by atoms with van der Waals surface area (Å²) >= 11 is 0. The molecule has 0 saturated heterocycles. The predicted octanol–water partition coefficient (Wildman–Crippen LogP) is 1.99. The average molecular weight is 275 g/mol. The van der Waals surface area contributed by atoms with E-state index in [1.165, 1.54) is 12.1 Å². The Balaban J connectivity index is 2.22. The predicted molar refractivity (Wildman–Crippen MR) is 71.8 cm³/mol. The molecule has 0 saturated carbocycles. The molecule has 3 N–H and O–H groups in total. The van der Waals surface area contributed by atoms with E-state index in [1.54, 1.807) is 24.3 Å². The molecule has 0 aliphatic carbocycles. The van der Waals surface area contributed by atoms with Crippen molar-refractivity contribution >= 4 is 5.91 Å². The molecule has 0 fully saturated rings.